The Morgan fingerprint density at radius 2 is 1.84 bits per heavy atom. The summed E-state index contributed by atoms with van der Waals surface area (Å²) in [4.78, 5) is 38.0. The van der Waals surface area contributed by atoms with Crippen LogP contribution in [0.15, 0.2) is 42.5 Å². The number of amides is 2. The SMILES string of the molecule is CC(=O)N1Cc2ccccc2C[C@H]1C(=O)OCC(=O)Nc1cc(C(F)(F)F)ccc1Cl. The van der Waals surface area contributed by atoms with E-state index in [0.717, 1.165) is 23.3 Å². The fourth-order valence-corrected chi connectivity index (χ4v) is 3.45. The number of nitrogens with zero attached hydrogens (tertiary/aromatic N) is 1. The Balaban J connectivity index is 1.65. The van der Waals surface area contributed by atoms with Crippen molar-refractivity contribution in [1.29, 1.82) is 0 Å². The van der Waals surface area contributed by atoms with Crippen LogP contribution in [0.3, 0.4) is 0 Å². The summed E-state index contributed by atoms with van der Waals surface area (Å²) in [5, 5.41) is 2.10. The van der Waals surface area contributed by atoms with E-state index in [1.165, 1.54) is 11.8 Å². The summed E-state index contributed by atoms with van der Waals surface area (Å²) in [6, 6.07) is 8.94. The number of rotatable bonds is 4. The van der Waals surface area contributed by atoms with Gasteiger partial charge in [-0.3, -0.25) is 9.59 Å². The van der Waals surface area contributed by atoms with Gasteiger partial charge in [-0.1, -0.05) is 35.9 Å². The van der Waals surface area contributed by atoms with E-state index in [2.05, 4.69) is 5.32 Å². The summed E-state index contributed by atoms with van der Waals surface area (Å²) >= 11 is 5.84. The van der Waals surface area contributed by atoms with Gasteiger partial charge in [0.05, 0.1) is 16.3 Å². The third-order valence-corrected chi connectivity index (χ3v) is 5.17. The van der Waals surface area contributed by atoms with Crippen LogP contribution in [-0.4, -0.2) is 35.3 Å². The van der Waals surface area contributed by atoms with E-state index >= 15 is 0 Å². The number of benzene rings is 2. The van der Waals surface area contributed by atoms with Crippen LogP contribution in [0.25, 0.3) is 0 Å². The van der Waals surface area contributed by atoms with Gasteiger partial charge in [-0.15, -0.1) is 0 Å². The van der Waals surface area contributed by atoms with Crippen LogP contribution in [0.1, 0.15) is 23.6 Å². The fraction of sp³-hybridized carbons (Fsp3) is 0.286. The van der Waals surface area contributed by atoms with E-state index in [1.54, 1.807) is 0 Å². The molecule has 0 radical (unpaired) electrons. The maximum atomic E-state index is 12.8. The van der Waals surface area contributed by atoms with Crippen LogP contribution in [0, 0.1) is 0 Å². The lowest BCUT2D eigenvalue weighted by atomic mass is 9.94. The number of ether oxygens (including phenoxy) is 1. The summed E-state index contributed by atoms with van der Waals surface area (Å²) in [5.41, 5.74) is 0.567. The van der Waals surface area contributed by atoms with Gasteiger partial charge in [0.2, 0.25) is 5.91 Å². The number of hydrogen-bond acceptors (Lipinski definition) is 4. The van der Waals surface area contributed by atoms with Crippen molar-refractivity contribution in [1.82, 2.24) is 4.90 Å². The molecule has 1 heterocycles. The van der Waals surface area contributed by atoms with Crippen molar-refractivity contribution in [2.45, 2.75) is 32.1 Å². The van der Waals surface area contributed by atoms with Crippen molar-refractivity contribution < 1.29 is 32.3 Å². The second-order valence-corrected chi connectivity index (χ2v) is 7.39. The molecule has 3 rings (SSSR count). The molecule has 0 spiro atoms. The molecule has 0 aromatic heterocycles. The Kier molecular flexibility index (Phi) is 6.54. The maximum Gasteiger partial charge on any atom is 0.416 e. The minimum Gasteiger partial charge on any atom is -0.454 e. The third-order valence-electron chi connectivity index (χ3n) is 4.84. The molecular formula is C21H18ClF3N2O4. The van der Waals surface area contributed by atoms with Gasteiger partial charge in [0.25, 0.3) is 5.91 Å². The molecule has 0 saturated heterocycles. The molecule has 31 heavy (non-hydrogen) atoms. The standard InChI is InChI=1S/C21H18ClF3N2O4/c1-12(28)27-10-14-5-3-2-4-13(14)8-18(27)20(30)31-11-19(29)26-17-9-15(21(23,24)25)6-7-16(17)22/h2-7,9,18H,8,10-11H2,1H3,(H,26,29)/t18-/m0/s1. The zero-order valence-electron chi connectivity index (χ0n) is 16.3. The molecule has 0 fully saturated rings. The van der Waals surface area contributed by atoms with E-state index < -0.39 is 36.3 Å². The first-order valence-electron chi connectivity index (χ1n) is 9.23. The average molecular weight is 455 g/mol. The highest BCUT2D eigenvalue weighted by atomic mass is 35.5. The third kappa shape index (κ3) is 5.35. The van der Waals surface area contributed by atoms with Crippen molar-refractivity contribution in [3.05, 3.63) is 64.2 Å². The van der Waals surface area contributed by atoms with Crippen molar-refractivity contribution >= 4 is 35.1 Å². The number of hydrogen-bond donors (Lipinski definition) is 1. The number of alkyl halides is 3. The second kappa shape index (κ2) is 8.97. The molecule has 1 N–H and O–H groups in total. The van der Waals surface area contributed by atoms with Crippen molar-refractivity contribution in [3.63, 3.8) is 0 Å². The van der Waals surface area contributed by atoms with E-state index in [4.69, 9.17) is 16.3 Å². The lowest BCUT2D eigenvalue weighted by Crippen LogP contribution is -2.48. The minimum atomic E-state index is -4.61. The Bertz CT molecular complexity index is 1030. The molecule has 6 nitrogen and oxygen atoms in total. The molecule has 164 valence electrons. The summed E-state index contributed by atoms with van der Waals surface area (Å²) in [6.45, 7) is 0.823. The highest BCUT2D eigenvalue weighted by Crippen LogP contribution is 2.33. The van der Waals surface area contributed by atoms with Gasteiger partial charge < -0.3 is 15.0 Å². The number of carbonyl (C=O) groups is 3. The highest BCUT2D eigenvalue weighted by Gasteiger charge is 2.34. The first kappa shape index (κ1) is 22.6. The topological polar surface area (TPSA) is 75.7 Å². The van der Waals surface area contributed by atoms with Crippen LogP contribution in [0.4, 0.5) is 18.9 Å². The second-order valence-electron chi connectivity index (χ2n) is 6.98. The minimum absolute atomic E-state index is 0.0979. The molecule has 2 amide bonds. The van der Waals surface area contributed by atoms with Crippen LogP contribution >= 0.6 is 11.6 Å². The van der Waals surface area contributed by atoms with E-state index in [9.17, 15) is 27.6 Å². The van der Waals surface area contributed by atoms with Crippen molar-refractivity contribution in [2.75, 3.05) is 11.9 Å². The summed E-state index contributed by atoms with van der Waals surface area (Å²) in [7, 11) is 0. The van der Waals surface area contributed by atoms with Crippen LogP contribution in [0.2, 0.25) is 5.02 Å². The number of carbonyl (C=O) groups excluding carboxylic acids is 3. The molecule has 2 aromatic rings. The van der Waals surface area contributed by atoms with Crippen LogP contribution in [0.5, 0.6) is 0 Å². The van der Waals surface area contributed by atoms with Gasteiger partial charge in [0.15, 0.2) is 6.61 Å². The predicted octanol–water partition coefficient (Wildman–Crippen LogP) is 3.81. The zero-order valence-corrected chi connectivity index (χ0v) is 17.1. The zero-order chi connectivity index (χ0) is 22.8. The van der Waals surface area contributed by atoms with Gasteiger partial charge in [-0.25, -0.2) is 4.79 Å². The lowest BCUT2D eigenvalue weighted by Gasteiger charge is -2.34. The number of anilines is 1. The molecule has 0 unspecified atom stereocenters. The molecule has 2 aromatic carbocycles. The van der Waals surface area contributed by atoms with Gasteiger partial charge in [0, 0.05) is 19.9 Å². The van der Waals surface area contributed by atoms with Gasteiger partial charge in [-0.2, -0.15) is 13.2 Å². The van der Waals surface area contributed by atoms with Crippen molar-refractivity contribution in [2.24, 2.45) is 0 Å². The van der Waals surface area contributed by atoms with Crippen molar-refractivity contribution in [3.8, 4) is 0 Å². The normalized spacial score (nSPS) is 15.8. The Labute approximate surface area is 180 Å². The summed E-state index contributed by atoms with van der Waals surface area (Å²) in [6.07, 6.45) is -4.38. The molecule has 1 aliphatic rings. The van der Waals surface area contributed by atoms with Gasteiger partial charge in [-0.05, 0) is 29.3 Å². The van der Waals surface area contributed by atoms with Crippen LogP contribution in [-0.2, 0) is 38.3 Å². The summed E-state index contributed by atoms with van der Waals surface area (Å²) in [5.74, 6) is -1.97. The number of nitrogens with one attached hydrogen (secondary N) is 1. The Hall–Kier alpha value is -3.07. The molecule has 0 bridgehead atoms. The maximum absolute atomic E-state index is 12.8. The largest absolute Gasteiger partial charge is 0.454 e. The highest BCUT2D eigenvalue weighted by molar-refractivity contribution is 6.33. The monoisotopic (exact) mass is 454 g/mol. The van der Waals surface area contributed by atoms with Gasteiger partial charge >= 0.3 is 12.1 Å². The van der Waals surface area contributed by atoms with E-state index in [1.807, 2.05) is 24.3 Å². The molecule has 1 atom stereocenters. The first-order chi connectivity index (χ1) is 14.6. The molecular weight excluding hydrogens is 437 g/mol. The quantitative estimate of drug-likeness (QED) is 0.713. The summed E-state index contributed by atoms with van der Waals surface area (Å²) < 4.78 is 43.6. The molecule has 1 aliphatic heterocycles. The number of fused-ring (bicyclic) bond motifs is 1. The lowest BCUT2D eigenvalue weighted by molar-refractivity contribution is -0.157. The van der Waals surface area contributed by atoms with E-state index in [-0.39, 0.29) is 29.6 Å². The molecule has 10 heteroatoms. The Morgan fingerprint density at radius 3 is 2.48 bits per heavy atom. The van der Waals surface area contributed by atoms with E-state index in [0.29, 0.717) is 6.07 Å². The fourth-order valence-electron chi connectivity index (χ4n) is 3.28. The molecule has 0 saturated carbocycles. The predicted molar refractivity (Wildman–Crippen MR) is 106 cm³/mol. The molecule has 0 aliphatic carbocycles. The number of halogens is 4. The smallest absolute Gasteiger partial charge is 0.416 e. The average Bonchev–Trinajstić information content (AvgIpc) is 2.71. The number of esters is 1. The first-order valence-corrected chi connectivity index (χ1v) is 9.61. The van der Waals surface area contributed by atoms with Gasteiger partial charge in [0.1, 0.15) is 6.04 Å². The Morgan fingerprint density at radius 1 is 1.16 bits per heavy atom. The van der Waals surface area contributed by atoms with Crippen LogP contribution < -0.4 is 5.32 Å².